The van der Waals surface area contributed by atoms with E-state index in [0.717, 1.165) is 19.5 Å². The van der Waals surface area contributed by atoms with Crippen LogP contribution < -0.4 is 11.5 Å². The Kier molecular flexibility index (Phi) is 15.4. The van der Waals surface area contributed by atoms with Gasteiger partial charge in [-0.05, 0) is 19.3 Å². The number of hydrogen-bond acceptors (Lipinski definition) is 1. The standard InChI is InChI=1S/C20H43N5/c1-5-7-8-9-10-11-12-13-14-15-16-25(17-18(3)4)20(22)24-19(21)23-6-2/h18H,5-17H2,1-4H3,(H4,21,22,23,24). The monoisotopic (exact) mass is 353 g/mol. The minimum absolute atomic E-state index is 0.275. The van der Waals surface area contributed by atoms with Gasteiger partial charge in [0.2, 0.25) is 5.96 Å². The fraction of sp³-hybridized carbons (Fsp3) is 0.900. The Morgan fingerprint density at radius 3 is 1.84 bits per heavy atom. The second-order valence-electron chi connectivity index (χ2n) is 7.32. The van der Waals surface area contributed by atoms with Crippen molar-refractivity contribution in [2.45, 2.75) is 91.9 Å². The first-order valence-corrected chi connectivity index (χ1v) is 10.4. The molecule has 0 atom stereocenters. The van der Waals surface area contributed by atoms with Crippen molar-refractivity contribution < 1.29 is 0 Å². The molecule has 0 aromatic heterocycles. The van der Waals surface area contributed by atoms with Crippen molar-refractivity contribution in [2.24, 2.45) is 27.4 Å². The highest BCUT2D eigenvalue weighted by Crippen LogP contribution is 2.11. The molecule has 0 aromatic carbocycles. The highest BCUT2D eigenvalue weighted by atomic mass is 15.3. The Labute approximate surface area is 156 Å². The summed E-state index contributed by atoms with van der Waals surface area (Å²) in [5.74, 6) is 1.32. The first-order valence-electron chi connectivity index (χ1n) is 10.4. The molecule has 0 aliphatic heterocycles. The maximum absolute atomic E-state index is 6.13. The molecule has 5 nitrogen and oxygen atoms in total. The summed E-state index contributed by atoms with van der Waals surface area (Å²) in [6, 6.07) is 0. The van der Waals surface area contributed by atoms with Crippen LogP contribution in [-0.2, 0) is 0 Å². The first-order chi connectivity index (χ1) is 12.0. The maximum Gasteiger partial charge on any atom is 0.218 e. The lowest BCUT2D eigenvalue weighted by molar-refractivity contribution is 0.351. The lowest BCUT2D eigenvalue weighted by Gasteiger charge is -2.25. The average Bonchev–Trinajstić information content (AvgIpc) is 2.55. The Hall–Kier alpha value is -1.26. The molecule has 5 heteroatoms. The molecule has 4 N–H and O–H groups in total. The SMILES string of the molecule is CCCCCCCCCCCCN(CC(C)C)C(N)=NC(N)=NCC. The van der Waals surface area contributed by atoms with E-state index in [1.54, 1.807) is 0 Å². The van der Waals surface area contributed by atoms with Crippen LogP contribution in [0.5, 0.6) is 0 Å². The zero-order chi connectivity index (χ0) is 18.9. The molecule has 0 radical (unpaired) electrons. The third-order valence-electron chi connectivity index (χ3n) is 4.24. The van der Waals surface area contributed by atoms with E-state index in [2.05, 4.69) is 35.7 Å². The normalized spacial score (nSPS) is 12.8. The molecule has 25 heavy (non-hydrogen) atoms. The fourth-order valence-electron chi connectivity index (χ4n) is 2.92. The largest absolute Gasteiger partial charge is 0.369 e. The van der Waals surface area contributed by atoms with Gasteiger partial charge in [0.25, 0.3) is 0 Å². The van der Waals surface area contributed by atoms with Crippen LogP contribution in [0, 0.1) is 5.92 Å². The van der Waals surface area contributed by atoms with Crippen molar-refractivity contribution in [2.75, 3.05) is 19.6 Å². The van der Waals surface area contributed by atoms with Crippen molar-refractivity contribution in [1.29, 1.82) is 0 Å². The Bertz CT molecular complexity index is 363. The molecule has 148 valence electrons. The predicted octanol–water partition coefficient (Wildman–Crippen LogP) is 4.51. The minimum atomic E-state index is 0.275. The van der Waals surface area contributed by atoms with Gasteiger partial charge in [0.15, 0.2) is 5.96 Å². The number of nitrogens with zero attached hydrogens (tertiary/aromatic N) is 3. The van der Waals surface area contributed by atoms with Gasteiger partial charge in [-0.3, -0.25) is 4.99 Å². The molecule has 0 unspecified atom stereocenters. The van der Waals surface area contributed by atoms with Gasteiger partial charge in [0.1, 0.15) is 0 Å². The highest BCUT2D eigenvalue weighted by Gasteiger charge is 2.10. The summed E-state index contributed by atoms with van der Waals surface area (Å²) < 4.78 is 0. The van der Waals surface area contributed by atoms with Crippen molar-refractivity contribution in [3.63, 3.8) is 0 Å². The number of rotatable bonds is 14. The van der Waals surface area contributed by atoms with Gasteiger partial charge in [-0.1, -0.05) is 78.6 Å². The van der Waals surface area contributed by atoms with Crippen LogP contribution in [0.2, 0.25) is 0 Å². The molecule has 0 heterocycles. The van der Waals surface area contributed by atoms with E-state index in [9.17, 15) is 0 Å². The second-order valence-corrected chi connectivity index (χ2v) is 7.32. The van der Waals surface area contributed by atoms with E-state index >= 15 is 0 Å². The van der Waals surface area contributed by atoms with E-state index in [-0.39, 0.29) is 5.96 Å². The molecule has 0 rings (SSSR count). The van der Waals surface area contributed by atoms with Crippen LogP contribution in [0.4, 0.5) is 0 Å². The number of nitrogens with two attached hydrogens (primary N) is 2. The number of hydrogen-bond donors (Lipinski definition) is 2. The van der Waals surface area contributed by atoms with Gasteiger partial charge in [-0.25, -0.2) is 0 Å². The van der Waals surface area contributed by atoms with Crippen LogP contribution >= 0.6 is 0 Å². The number of unbranched alkanes of at least 4 members (excludes halogenated alkanes) is 9. The van der Waals surface area contributed by atoms with Crippen LogP contribution in [-0.4, -0.2) is 36.5 Å². The third kappa shape index (κ3) is 14.8. The highest BCUT2D eigenvalue weighted by molar-refractivity contribution is 5.93. The fourth-order valence-corrected chi connectivity index (χ4v) is 2.92. The van der Waals surface area contributed by atoms with Crippen molar-refractivity contribution in [3.8, 4) is 0 Å². The second kappa shape index (κ2) is 16.2. The summed E-state index contributed by atoms with van der Waals surface area (Å²) in [6.45, 7) is 11.1. The molecule has 0 aromatic rings. The first kappa shape index (κ1) is 23.7. The van der Waals surface area contributed by atoms with Crippen LogP contribution in [0.15, 0.2) is 9.98 Å². The molecule has 0 spiro atoms. The summed E-state index contributed by atoms with van der Waals surface area (Å²) in [6.07, 6.45) is 13.4. The number of guanidine groups is 2. The number of aliphatic imine (C=N–C) groups is 2. The summed E-state index contributed by atoms with van der Waals surface area (Å²) in [5, 5.41) is 0. The molecule has 0 fully saturated rings. The smallest absolute Gasteiger partial charge is 0.218 e. The Balaban J connectivity index is 4.03. The van der Waals surface area contributed by atoms with E-state index in [1.807, 2.05) is 6.92 Å². The molecule has 0 amide bonds. The van der Waals surface area contributed by atoms with Gasteiger partial charge >= 0.3 is 0 Å². The van der Waals surface area contributed by atoms with E-state index in [0.29, 0.717) is 18.4 Å². The minimum Gasteiger partial charge on any atom is -0.369 e. The van der Waals surface area contributed by atoms with Crippen molar-refractivity contribution in [3.05, 3.63) is 0 Å². The summed E-state index contributed by atoms with van der Waals surface area (Å²) in [4.78, 5) is 10.5. The Morgan fingerprint density at radius 1 is 0.840 bits per heavy atom. The quantitative estimate of drug-likeness (QED) is 0.274. The molecule has 0 saturated carbocycles. The Morgan fingerprint density at radius 2 is 1.36 bits per heavy atom. The molecular weight excluding hydrogens is 310 g/mol. The van der Waals surface area contributed by atoms with Gasteiger partial charge in [-0.2, -0.15) is 4.99 Å². The van der Waals surface area contributed by atoms with Gasteiger partial charge in [0, 0.05) is 19.6 Å². The molecule has 0 aliphatic rings. The van der Waals surface area contributed by atoms with E-state index in [1.165, 1.54) is 57.8 Å². The average molecular weight is 354 g/mol. The lowest BCUT2D eigenvalue weighted by Crippen LogP contribution is -2.41. The van der Waals surface area contributed by atoms with Gasteiger partial charge < -0.3 is 16.4 Å². The molecule has 0 saturated heterocycles. The van der Waals surface area contributed by atoms with Crippen LogP contribution in [0.1, 0.15) is 91.9 Å². The van der Waals surface area contributed by atoms with Crippen LogP contribution in [0.3, 0.4) is 0 Å². The zero-order valence-corrected chi connectivity index (χ0v) is 17.3. The topological polar surface area (TPSA) is 80.0 Å². The van der Waals surface area contributed by atoms with Crippen molar-refractivity contribution in [1.82, 2.24) is 4.90 Å². The zero-order valence-electron chi connectivity index (χ0n) is 17.3. The van der Waals surface area contributed by atoms with Crippen molar-refractivity contribution >= 4 is 11.9 Å². The van der Waals surface area contributed by atoms with Crippen LogP contribution in [0.25, 0.3) is 0 Å². The predicted molar refractivity (Wildman–Crippen MR) is 112 cm³/mol. The molecule has 0 aliphatic carbocycles. The van der Waals surface area contributed by atoms with E-state index < -0.39 is 0 Å². The summed E-state index contributed by atoms with van der Waals surface area (Å²) in [5.41, 5.74) is 11.9. The molecule has 0 bridgehead atoms. The van der Waals surface area contributed by atoms with E-state index in [4.69, 9.17) is 11.5 Å². The summed E-state index contributed by atoms with van der Waals surface area (Å²) >= 11 is 0. The maximum atomic E-state index is 6.13. The van der Waals surface area contributed by atoms with Gasteiger partial charge in [0.05, 0.1) is 0 Å². The lowest BCUT2D eigenvalue weighted by atomic mass is 10.1. The third-order valence-corrected chi connectivity index (χ3v) is 4.24. The van der Waals surface area contributed by atoms with Gasteiger partial charge in [-0.15, -0.1) is 0 Å². The molecular formula is C20H43N5. The summed E-state index contributed by atoms with van der Waals surface area (Å²) in [7, 11) is 0.